The lowest BCUT2D eigenvalue weighted by atomic mass is 9.87. The van der Waals surface area contributed by atoms with Crippen molar-refractivity contribution in [2.24, 2.45) is 5.92 Å². The van der Waals surface area contributed by atoms with Crippen molar-refractivity contribution in [1.29, 1.82) is 0 Å². The maximum absolute atomic E-state index is 10.4. The molecule has 3 nitrogen and oxygen atoms in total. The first kappa shape index (κ1) is 13.9. The van der Waals surface area contributed by atoms with Gasteiger partial charge in [-0.3, -0.25) is 0 Å². The molecule has 0 heterocycles. The molecule has 0 aliphatic heterocycles. The summed E-state index contributed by atoms with van der Waals surface area (Å²) < 4.78 is 0. The van der Waals surface area contributed by atoms with Crippen LogP contribution in [0.2, 0.25) is 0 Å². The Kier molecular flexibility index (Phi) is 5.73. The third kappa shape index (κ3) is 4.40. The van der Waals surface area contributed by atoms with E-state index in [0.717, 1.165) is 12.8 Å². The highest BCUT2D eigenvalue weighted by Gasteiger charge is 2.33. The van der Waals surface area contributed by atoms with Crippen LogP contribution in [0.5, 0.6) is 0 Å². The van der Waals surface area contributed by atoms with Gasteiger partial charge in [0.2, 0.25) is 0 Å². The highest BCUT2D eigenvalue weighted by atomic mass is 16.3. The van der Waals surface area contributed by atoms with E-state index in [9.17, 15) is 5.11 Å². The van der Waals surface area contributed by atoms with Gasteiger partial charge in [0.1, 0.15) is 0 Å². The van der Waals surface area contributed by atoms with Crippen LogP contribution in [-0.4, -0.2) is 35.0 Å². The van der Waals surface area contributed by atoms with E-state index in [4.69, 9.17) is 5.11 Å². The second kappa shape index (κ2) is 6.58. The molecule has 2 atom stereocenters. The number of hydrogen-bond donors (Lipinski definition) is 3. The van der Waals surface area contributed by atoms with E-state index < -0.39 is 5.60 Å². The van der Waals surface area contributed by atoms with Crippen molar-refractivity contribution in [2.45, 2.75) is 64.0 Å². The lowest BCUT2D eigenvalue weighted by Gasteiger charge is -2.31. The van der Waals surface area contributed by atoms with Crippen LogP contribution in [0.25, 0.3) is 0 Å². The number of hydrogen-bond acceptors (Lipinski definition) is 3. The molecule has 1 rings (SSSR count). The molecule has 1 fully saturated rings. The van der Waals surface area contributed by atoms with Gasteiger partial charge in [-0.1, -0.05) is 12.8 Å². The molecular formula is C13H27NO2. The quantitative estimate of drug-likeness (QED) is 0.622. The summed E-state index contributed by atoms with van der Waals surface area (Å²) in [6.45, 7) is 4.99. The largest absolute Gasteiger partial charge is 0.396 e. The Morgan fingerprint density at radius 1 is 1.38 bits per heavy atom. The highest BCUT2D eigenvalue weighted by molar-refractivity contribution is 4.87. The summed E-state index contributed by atoms with van der Waals surface area (Å²) in [6, 6.07) is 0.375. The fraction of sp³-hybridized carbons (Fsp3) is 1.00. The minimum absolute atomic E-state index is 0.255. The van der Waals surface area contributed by atoms with Gasteiger partial charge in [-0.15, -0.1) is 0 Å². The van der Waals surface area contributed by atoms with Crippen LogP contribution in [0.3, 0.4) is 0 Å². The molecular weight excluding hydrogens is 202 g/mol. The zero-order valence-corrected chi connectivity index (χ0v) is 10.7. The second-order valence-corrected chi connectivity index (χ2v) is 5.49. The van der Waals surface area contributed by atoms with Crippen LogP contribution < -0.4 is 5.32 Å². The van der Waals surface area contributed by atoms with E-state index in [0.29, 0.717) is 18.5 Å². The van der Waals surface area contributed by atoms with Gasteiger partial charge in [-0.25, -0.2) is 0 Å². The van der Waals surface area contributed by atoms with E-state index in [1.165, 1.54) is 25.7 Å². The molecule has 0 aromatic rings. The Morgan fingerprint density at radius 2 is 2.00 bits per heavy atom. The summed E-state index contributed by atoms with van der Waals surface area (Å²) in [5.41, 5.74) is -0.566. The smallest absolute Gasteiger partial charge is 0.0771 e. The van der Waals surface area contributed by atoms with Crippen LogP contribution >= 0.6 is 0 Å². The van der Waals surface area contributed by atoms with Crippen LogP contribution in [-0.2, 0) is 0 Å². The molecule has 0 radical (unpaired) electrons. The summed E-state index contributed by atoms with van der Waals surface area (Å²) in [6.07, 6.45) is 6.66. The zero-order chi connectivity index (χ0) is 12.0. The third-order valence-corrected chi connectivity index (χ3v) is 3.84. The molecule has 16 heavy (non-hydrogen) atoms. The van der Waals surface area contributed by atoms with Gasteiger partial charge in [-0.05, 0) is 45.4 Å². The Labute approximate surface area is 99.3 Å². The number of rotatable bonds is 7. The van der Waals surface area contributed by atoms with Gasteiger partial charge >= 0.3 is 0 Å². The molecule has 0 saturated heterocycles. The summed E-state index contributed by atoms with van der Waals surface area (Å²) in [5.74, 6) is 0.463. The summed E-state index contributed by atoms with van der Waals surface area (Å²) >= 11 is 0. The van der Waals surface area contributed by atoms with E-state index >= 15 is 0 Å². The molecule has 0 aromatic carbocycles. The SMILES string of the molecule is CC(CCCO)NCC(C)(O)C1CCCC1. The summed E-state index contributed by atoms with van der Waals surface area (Å²) in [4.78, 5) is 0. The van der Waals surface area contributed by atoms with E-state index in [1.807, 2.05) is 6.92 Å². The van der Waals surface area contributed by atoms with Crippen LogP contribution in [0.4, 0.5) is 0 Å². The van der Waals surface area contributed by atoms with Crippen molar-refractivity contribution in [3.8, 4) is 0 Å². The van der Waals surface area contributed by atoms with E-state index in [-0.39, 0.29) is 6.61 Å². The average molecular weight is 229 g/mol. The van der Waals surface area contributed by atoms with Crippen molar-refractivity contribution in [3.63, 3.8) is 0 Å². The minimum Gasteiger partial charge on any atom is -0.396 e. The number of aliphatic hydroxyl groups is 2. The Hall–Kier alpha value is -0.120. The summed E-state index contributed by atoms with van der Waals surface area (Å²) in [5, 5.41) is 22.5. The first-order valence-corrected chi connectivity index (χ1v) is 6.63. The molecule has 0 bridgehead atoms. The molecule has 0 amide bonds. The number of nitrogens with one attached hydrogen (secondary N) is 1. The van der Waals surface area contributed by atoms with Crippen LogP contribution in [0, 0.1) is 5.92 Å². The Morgan fingerprint density at radius 3 is 2.56 bits per heavy atom. The van der Waals surface area contributed by atoms with Gasteiger partial charge in [0.15, 0.2) is 0 Å². The molecule has 1 aliphatic rings. The normalized spacial score (nSPS) is 23.2. The van der Waals surface area contributed by atoms with Crippen molar-refractivity contribution in [1.82, 2.24) is 5.32 Å². The van der Waals surface area contributed by atoms with Gasteiger partial charge < -0.3 is 15.5 Å². The average Bonchev–Trinajstić information content (AvgIpc) is 2.77. The van der Waals surface area contributed by atoms with Crippen molar-refractivity contribution < 1.29 is 10.2 Å². The molecule has 1 aliphatic carbocycles. The maximum atomic E-state index is 10.4. The van der Waals surface area contributed by atoms with Crippen molar-refractivity contribution in [3.05, 3.63) is 0 Å². The first-order chi connectivity index (χ1) is 7.56. The summed E-state index contributed by atoms with van der Waals surface area (Å²) in [7, 11) is 0. The molecule has 0 aromatic heterocycles. The fourth-order valence-corrected chi connectivity index (χ4v) is 2.57. The molecule has 2 unspecified atom stereocenters. The van der Waals surface area contributed by atoms with Gasteiger partial charge in [0.05, 0.1) is 5.60 Å². The fourth-order valence-electron chi connectivity index (χ4n) is 2.57. The molecule has 3 N–H and O–H groups in total. The van der Waals surface area contributed by atoms with Gasteiger partial charge in [-0.2, -0.15) is 0 Å². The van der Waals surface area contributed by atoms with Crippen molar-refractivity contribution >= 4 is 0 Å². The zero-order valence-electron chi connectivity index (χ0n) is 10.7. The topological polar surface area (TPSA) is 52.5 Å². The standard InChI is InChI=1S/C13H27NO2/c1-11(6-5-9-15)14-10-13(2,16)12-7-3-4-8-12/h11-12,14-16H,3-10H2,1-2H3. The van der Waals surface area contributed by atoms with E-state index in [2.05, 4.69) is 12.2 Å². The van der Waals surface area contributed by atoms with E-state index in [1.54, 1.807) is 0 Å². The molecule has 3 heteroatoms. The predicted molar refractivity (Wildman–Crippen MR) is 66.4 cm³/mol. The third-order valence-electron chi connectivity index (χ3n) is 3.84. The van der Waals surface area contributed by atoms with Gasteiger partial charge in [0, 0.05) is 19.2 Å². The number of aliphatic hydroxyl groups excluding tert-OH is 1. The first-order valence-electron chi connectivity index (χ1n) is 6.63. The highest BCUT2D eigenvalue weighted by Crippen LogP contribution is 2.33. The van der Waals surface area contributed by atoms with Crippen LogP contribution in [0.15, 0.2) is 0 Å². The molecule has 96 valence electrons. The molecule has 1 saturated carbocycles. The predicted octanol–water partition coefficient (Wildman–Crippen LogP) is 1.68. The Balaban J connectivity index is 2.23. The lowest BCUT2D eigenvalue weighted by molar-refractivity contribution is 0.000256. The van der Waals surface area contributed by atoms with Gasteiger partial charge in [0.25, 0.3) is 0 Å². The monoisotopic (exact) mass is 229 g/mol. The van der Waals surface area contributed by atoms with Crippen molar-refractivity contribution in [2.75, 3.05) is 13.2 Å². The lowest BCUT2D eigenvalue weighted by Crippen LogP contribution is -2.46. The molecule has 0 spiro atoms. The second-order valence-electron chi connectivity index (χ2n) is 5.49. The van der Waals surface area contributed by atoms with Crippen LogP contribution in [0.1, 0.15) is 52.4 Å². The maximum Gasteiger partial charge on any atom is 0.0771 e. The minimum atomic E-state index is -0.566. The Bertz CT molecular complexity index is 188.